The molecule has 3 aromatic carbocycles. The normalized spacial score (nSPS) is 14.3. The fourth-order valence-electron chi connectivity index (χ4n) is 4.51. The minimum atomic E-state index is -0.568. The van der Waals surface area contributed by atoms with Gasteiger partial charge < -0.3 is 20.1 Å². The molecule has 1 atom stereocenters. The van der Waals surface area contributed by atoms with Crippen molar-refractivity contribution in [2.75, 3.05) is 23.8 Å². The van der Waals surface area contributed by atoms with E-state index in [1.54, 1.807) is 28.9 Å². The van der Waals surface area contributed by atoms with Crippen LogP contribution in [0.15, 0.2) is 89.2 Å². The Labute approximate surface area is 236 Å². The Morgan fingerprint density at radius 1 is 1.02 bits per heavy atom. The van der Waals surface area contributed by atoms with Gasteiger partial charge in [-0.3, -0.25) is 4.79 Å². The second-order valence-corrected chi connectivity index (χ2v) is 9.94. The molecule has 4 aromatic rings. The molecule has 0 radical (unpaired) electrons. The maximum atomic E-state index is 14.2. The summed E-state index contributed by atoms with van der Waals surface area (Å²) in [5, 5.41) is 11.5. The van der Waals surface area contributed by atoms with Gasteiger partial charge >= 0.3 is 0 Å². The molecule has 0 saturated carbocycles. The van der Waals surface area contributed by atoms with Gasteiger partial charge in [-0.1, -0.05) is 54.2 Å². The molecule has 1 aliphatic heterocycles. The van der Waals surface area contributed by atoms with E-state index in [1.807, 2.05) is 63.2 Å². The van der Waals surface area contributed by atoms with Gasteiger partial charge in [0.2, 0.25) is 11.1 Å². The molecule has 1 aromatic heterocycles. The van der Waals surface area contributed by atoms with Crippen molar-refractivity contribution in [1.29, 1.82) is 0 Å². The molecule has 2 heterocycles. The summed E-state index contributed by atoms with van der Waals surface area (Å²) in [6.45, 7) is 6.69. The molecule has 0 saturated heterocycles. The average molecular weight is 560 g/mol. The summed E-state index contributed by atoms with van der Waals surface area (Å²) in [4.78, 5) is 18.5. The molecule has 8 nitrogen and oxygen atoms in total. The Morgan fingerprint density at radius 3 is 2.50 bits per heavy atom. The summed E-state index contributed by atoms with van der Waals surface area (Å²) in [6, 6.07) is 21.0. The van der Waals surface area contributed by atoms with Crippen LogP contribution < -0.4 is 20.1 Å². The minimum absolute atomic E-state index is 0.270. The molecule has 1 amide bonds. The number of anilines is 2. The van der Waals surface area contributed by atoms with Crippen LogP contribution >= 0.6 is 11.8 Å². The topological polar surface area (TPSA) is 90.3 Å². The number of amides is 1. The molecule has 0 bridgehead atoms. The van der Waals surface area contributed by atoms with Crippen LogP contribution in [0, 0.1) is 5.82 Å². The molecule has 206 valence electrons. The van der Waals surface area contributed by atoms with E-state index in [-0.39, 0.29) is 11.7 Å². The van der Waals surface area contributed by atoms with Crippen molar-refractivity contribution in [3.05, 3.63) is 101 Å². The van der Waals surface area contributed by atoms with Crippen LogP contribution in [-0.2, 0) is 10.5 Å². The SMILES string of the molecule is CCOc1ccc(C2C(C(=O)Nc3ccccc3OCC)=C(C)Nc3nc(SCc4ccccc4F)nn32)cc1. The number of carbonyl (C=O) groups excluding carboxylic acids is 1. The molecule has 0 spiro atoms. The summed E-state index contributed by atoms with van der Waals surface area (Å²) < 4.78 is 27.2. The molecule has 1 unspecified atom stereocenters. The van der Waals surface area contributed by atoms with Crippen molar-refractivity contribution in [2.45, 2.75) is 37.7 Å². The Bertz CT molecular complexity index is 1540. The van der Waals surface area contributed by atoms with Gasteiger partial charge in [0.05, 0.1) is 24.5 Å². The predicted molar refractivity (Wildman–Crippen MR) is 154 cm³/mol. The van der Waals surface area contributed by atoms with Gasteiger partial charge in [0.15, 0.2) is 0 Å². The first kappa shape index (κ1) is 27.3. The molecule has 5 rings (SSSR count). The van der Waals surface area contributed by atoms with Gasteiger partial charge in [-0.2, -0.15) is 4.98 Å². The van der Waals surface area contributed by atoms with Crippen molar-refractivity contribution < 1.29 is 18.7 Å². The van der Waals surface area contributed by atoms with Gasteiger partial charge in [-0.25, -0.2) is 9.07 Å². The highest BCUT2D eigenvalue weighted by molar-refractivity contribution is 7.98. The third-order valence-electron chi connectivity index (χ3n) is 6.33. The second kappa shape index (κ2) is 12.3. The molecule has 0 fully saturated rings. The first-order valence-electron chi connectivity index (χ1n) is 13.0. The number of nitrogens with one attached hydrogen (secondary N) is 2. The van der Waals surface area contributed by atoms with Gasteiger partial charge in [-0.15, -0.1) is 5.10 Å². The molecule has 2 N–H and O–H groups in total. The Morgan fingerprint density at radius 2 is 1.75 bits per heavy atom. The van der Waals surface area contributed by atoms with Gasteiger partial charge in [0, 0.05) is 11.4 Å². The van der Waals surface area contributed by atoms with E-state index in [9.17, 15) is 9.18 Å². The van der Waals surface area contributed by atoms with Crippen molar-refractivity contribution >= 4 is 29.3 Å². The average Bonchev–Trinajstić information content (AvgIpc) is 3.36. The van der Waals surface area contributed by atoms with Crippen LogP contribution in [0.25, 0.3) is 0 Å². The summed E-state index contributed by atoms with van der Waals surface area (Å²) in [5.74, 6) is 1.63. The molecule has 40 heavy (non-hydrogen) atoms. The Hall–Kier alpha value is -4.31. The van der Waals surface area contributed by atoms with E-state index in [0.717, 1.165) is 11.3 Å². The summed E-state index contributed by atoms with van der Waals surface area (Å²) in [5.41, 5.74) is 3.11. The second-order valence-electron chi connectivity index (χ2n) is 8.99. The van der Waals surface area contributed by atoms with Crippen LogP contribution in [-0.4, -0.2) is 33.9 Å². The maximum Gasteiger partial charge on any atom is 0.255 e. The number of allylic oxidation sites excluding steroid dienone is 1. The Kier molecular flexibility index (Phi) is 8.35. The first-order chi connectivity index (χ1) is 19.5. The van der Waals surface area contributed by atoms with E-state index in [4.69, 9.17) is 14.6 Å². The van der Waals surface area contributed by atoms with Crippen LogP contribution in [0.1, 0.15) is 37.9 Å². The fraction of sp³-hybridized carbons (Fsp3) is 0.233. The monoisotopic (exact) mass is 559 g/mol. The lowest BCUT2D eigenvalue weighted by Gasteiger charge is -2.29. The zero-order valence-electron chi connectivity index (χ0n) is 22.5. The predicted octanol–water partition coefficient (Wildman–Crippen LogP) is 6.43. The number of rotatable bonds is 10. The van der Waals surface area contributed by atoms with Crippen LogP contribution in [0.2, 0.25) is 0 Å². The lowest BCUT2D eigenvalue weighted by Crippen LogP contribution is -2.31. The summed E-state index contributed by atoms with van der Waals surface area (Å²) >= 11 is 1.33. The zero-order valence-corrected chi connectivity index (χ0v) is 23.3. The van der Waals surface area contributed by atoms with E-state index < -0.39 is 6.04 Å². The lowest BCUT2D eigenvalue weighted by atomic mass is 9.95. The zero-order chi connectivity index (χ0) is 28.1. The molecular weight excluding hydrogens is 529 g/mol. The molecule has 1 aliphatic rings. The largest absolute Gasteiger partial charge is 0.494 e. The number of ether oxygens (including phenoxy) is 2. The number of hydrogen-bond donors (Lipinski definition) is 2. The number of halogens is 1. The quantitative estimate of drug-likeness (QED) is 0.216. The highest BCUT2D eigenvalue weighted by Crippen LogP contribution is 2.38. The van der Waals surface area contributed by atoms with E-state index in [1.165, 1.54) is 17.8 Å². The van der Waals surface area contributed by atoms with Crippen molar-refractivity contribution in [3.63, 3.8) is 0 Å². The van der Waals surface area contributed by atoms with Crippen LogP contribution in [0.3, 0.4) is 0 Å². The summed E-state index contributed by atoms with van der Waals surface area (Å²) in [7, 11) is 0. The van der Waals surface area contributed by atoms with Crippen molar-refractivity contribution in [2.24, 2.45) is 0 Å². The van der Waals surface area contributed by atoms with Crippen LogP contribution in [0.4, 0.5) is 16.0 Å². The molecule has 10 heteroatoms. The highest BCUT2D eigenvalue weighted by Gasteiger charge is 2.34. The minimum Gasteiger partial charge on any atom is -0.494 e. The number of thioether (sulfide) groups is 1. The number of aromatic nitrogens is 3. The molecule has 0 aliphatic carbocycles. The van der Waals surface area contributed by atoms with E-state index in [0.29, 0.717) is 58.3 Å². The number of fused-ring (bicyclic) bond motifs is 1. The number of carbonyl (C=O) groups is 1. The number of hydrogen-bond acceptors (Lipinski definition) is 7. The van der Waals surface area contributed by atoms with Crippen LogP contribution in [0.5, 0.6) is 11.5 Å². The fourth-order valence-corrected chi connectivity index (χ4v) is 5.32. The first-order valence-corrected chi connectivity index (χ1v) is 14.0. The third-order valence-corrected chi connectivity index (χ3v) is 7.22. The number of nitrogens with zero attached hydrogens (tertiary/aromatic N) is 3. The van der Waals surface area contributed by atoms with Crippen molar-refractivity contribution in [3.8, 4) is 11.5 Å². The van der Waals surface area contributed by atoms with Crippen molar-refractivity contribution in [1.82, 2.24) is 14.8 Å². The highest BCUT2D eigenvalue weighted by atomic mass is 32.2. The van der Waals surface area contributed by atoms with Gasteiger partial charge in [-0.05, 0) is 62.2 Å². The smallest absolute Gasteiger partial charge is 0.255 e. The maximum absolute atomic E-state index is 14.2. The number of benzene rings is 3. The van der Waals surface area contributed by atoms with Gasteiger partial charge in [0.25, 0.3) is 5.91 Å². The Balaban J connectivity index is 1.49. The summed E-state index contributed by atoms with van der Waals surface area (Å²) in [6.07, 6.45) is 0. The standard InChI is InChI=1S/C30H30FN5O3S/c1-4-38-22-16-14-20(15-17-22)27-26(28(37)33-24-12-8-9-13-25(24)39-5-2)19(3)32-29-34-30(35-36(27)29)40-18-21-10-6-7-11-23(21)31/h6-17,27H,4-5,18H2,1-3H3,(H,33,37)(H,32,34,35). The van der Waals surface area contributed by atoms with Gasteiger partial charge in [0.1, 0.15) is 23.4 Å². The molecular formula is C30H30FN5O3S. The third kappa shape index (κ3) is 5.81. The lowest BCUT2D eigenvalue weighted by molar-refractivity contribution is -0.113. The van der Waals surface area contributed by atoms with E-state index in [2.05, 4.69) is 15.6 Å². The number of para-hydroxylation sites is 2. The van der Waals surface area contributed by atoms with E-state index >= 15 is 0 Å².